The molecule has 0 fully saturated rings. The normalized spacial score (nSPS) is 10.4. The van der Waals surface area contributed by atoms with Gasteiger partial charge in [-0.15, -0.1) is 11.3 Å². The van der Waals surface area contributed by atoms with Crippen molar-refractivity contribution in [2.75, 3.05) is 12.4 Å². The number of nitrogens with zero attached hydrogens (tertiary/aromatic N) is 2. The van der Waals surface area contributed by atoms with Crippen LogP contribution >= 0.6 is 22.9 Å². The van der Waals surface area contributed by atoms with Crippen molar-refractivity contribution >= 4 is 33.9 Å². The first-order chi connectivity index (χ1) is 10.3. The van der Waals surface area contributed by atoms with Gasteiger partial charge in [0.15, 0.2) is 5.13 Å². The summed E-state index contributed by atoms with van der Waals surface area (Å²) < 4.78 is 5.15. The number of anilines is 2. The summed E-state index contributed by atoms with van der Waals surface area (Å²) in [6.45, 7) is 0. The van der Waals surface area contributed by atoms with Crippen LogP contribution in [0.2, 0.25) is 5.02 Å². The average Bonchev–Trinajstić information content (AvgIpc) is 2.97. The Bertz CT molecular complexity index is 746. The van der Waals surface area contributed by atoms with Crippen molar-refractivity contribution in [1.29, 1.82) is 0 Å². The summed E-state index contributed by atoms with van der Waals surface area (Å²) in [7, 11) is 1.60. The minimum Gasteiger partial charge on any atom is -0.495 e. The Hall–Kier alpha value is -2.11. The minimum absolute atomic E-state index is 0.572. The highest BCUT2D eigenvalue weighted by molar-refractivity contribution is 7.14. The highest BCUT2D eigenvalue weighted by Gasteiger charge is 2.08. The maximum absolute atomic E-state index is 6.14. The molecule has 3 rings (SSSR count). The van der Waals surface area contributed by atoms with Gasteiger partial charge in [0.25, 0.3) is 0 Å². The van der Waals surface area contributed by atoms with Crippen molar-refractivity contribution in [3.8, 4) is 17.0 Å². The molecule has 1 N–H and O–H groups in total. The first kappa shape index (κ1) is 13.9. The molecule has 2 aromatic heterocycles. The number of hydrogen-bond donors (Lipinski definition) is 1. The van der Waals surface area contributed by atoms with Crippen LogP contribution in [0.5, 0.6) is 5.75 Å². The molecule has 1 aromatic carbocycles. The number of thiazole rings is 1. The lowest BCUT2D eigenvalue weighted by Gasteiger charge is -2.04. The van der Waals surface area contributed by atoms with E-state index in [4.69, 9.17) is 16.3 Å². The molecule has 106 valence electrons. The highest BCUT2D eigenvalue weighted by Crippen LogP contribution is 2.32. The Kier molecular flexibility index (Phi) is 4.03. The summed E-state index contributed by atoms with van der Waals surface area (Å²) in [4.78, 5) is 8.75. The van der Waals surface area contributed by atoms with Gasteiger partial charge in [-0.1, -0.05) is 17.7 Å². The van der Waals surface area contributed by atoms with Crippen LogP contribution in [0.25, 0.3) is 11.3 Å². The zero-order valence-electron chi connectivity index (χ0n) is 11.2. The smallest absolute Gasteiger partial charge is 0.188 e. The van der Waals surface area contributed by atoms with Crippen molar-refractivity contribution < 1.29 is 4.74 Å². The van der Waals surface area contributed by atoms with E-state index in [0.29, 0.717) is 10.8 Å². The second kappa shape index (κ2) is 6.11. The molecule has 0 unspecified atom stereocenters. The van der Waals surface area contributed by atoms with Crippen LogP contribution in [0.4, 0.5) is 10.9 Å². The lowest BCUT2D eigenvalue weighted by atomic mass is 10.2. The fourth-order valence-electron chi connectivity index (χ4n) is 1.84. The van der Waals surface area contributed by atoms with Crippen LogP contribution in [0.3, 0.4) is 0 Å². The standard InChI is InChI=1S/C15H12ClN3OS/c1-20-13-6-5-10(8-11(13)16)12-9-21-15(18-12)19-14-4-2-3-7-17-14/h2-9H,1H3,(H,17,18,19). The van der Waals surface area contributed by atoms with Gasteiger partial charge in [-0.3, -0.25) is 0 Å². The number of pyridine rings is 1. The Balaban J connectivity index is 1.83. The molecule has 0 aliphatic carbocycles. The zero-order chi connectivity index (χ0) is 14.7. The van der Waals surface area contributed by atoms with Crippen LogP contribution in [-0.4, -0.2) is 17.1 Å². The Morgan fingerprint density at radius 1 is 1.24 bits per heavy atom. The molecule has 0 aliphatic rings. The third-order valence-corrected chi connectivity index (χ3v) is 3.90. The van der Waals surface area contributed by atoms with Gasteiger partial charge in [-0.25, -0.2) is 9.97 Å². The number of nitrogens with one attached hydrogen (secondary N) is 1. The molecule has 0 amide bonds. The number of aromatic nitrogens is 2. The van der Waals surface area contributed by atoms with Crippen molar-refractivity contribution in [2.45, 2.75) is 0 Å². The van der Waals surface area contributed by atoms with Crippen LogP contribution in [0.15, 0.2) is 48.0 Å². The zero-order valence-corrected chi connectivity index (χ0v) is 12.8. The minimum atomic E-state index is 0.572. The molecule has 0 aliphatic heterocycles. The quantitative estimate of drug-likeness (QED) is 0.763. The lowest BCUT2D eigenvalue weighted by molar-refractivity contribution is 0.415. The maximum Gasteiger partial charge on any atom is 0.188 e. The molecule has 0 atom stereocenters. The monoisotopic (exact) mass is 317 g/mol. The molecule has 0 saturated carbocycles. The van der Waals surface area contributed by atoms with E-state index in [0.717, 1.165) is 22.2 Å². The van der Waals surface area contributed by atoms with Gasteiger partial charge in [0.05, 0.1) is 17.8 Å². The fourth-order valence-corrected chi connectivity index (χ4v) is 2.82. The second-order valence-corrected chi connectivity index (χ2v) is 5.49. The predicted octanol–water partition coefficient (Wildman–Crippen LogP) is 4.61. The van der Waals surface area contributed by atoms with Crippen LogP contribution in [0.1, 0.15) is 0 Å². The van der Waals surface area contributed by atoms with E-state index < -0.39 is 0 Å². The number of ether oxygens (including phenoxy) is 1. The molecule has 21 heavy (non-hydrogen) atoms. The summed E-state index contributed by atoms with van der Waals surface area (Å²) in [6, 6.07) is 11.3. The summed E-state index contributed by atoms with van der Waals surface area (Å²) in [5.74, 6) is 1.42. The summed E-state index contributed by atoms with van der Waals surface area (Å²) >= 11 is 7.66. The molecule has 0 bridgehead atoms. The van der Waals surface area contributed by atoms with Gasteiger partial charge >= 0.3 is 0 Å². The van der Waals surface area contributed by atoms with E-state index in [-0.39, 0.29) is 0 Å². The highest BCUT2D eigenvalue weighted by atomic mass is 35.5. The van der Waals surface area contributed by atoms with Gasteiger partial charge in [0.2, 0.25) is 0 Å². The first-order valence-electron chi connectivity index (χ1n) is 6.24. The largest absolute Gasteiger partial charge is 0.495 e. The van der Waals surface area contributed by atoms with Crippen molar-refractivity contribution in [3.63, 3.8) is 0 Å². The van der Waals surface area contributed by atoms with E-state index in [1.165, 1.54) is 11.3 Å². The number of rotatable bonds is 4. The first-order valence-corrected chi connectivity index (χ1v) is 7.49. The van der Waals surface area contributed by atoms with Crippen molar-refractivity contribution in [2.24, 2.45) is 0 Å². The summed E-state index contributed by atoms with van der Waals surface area (Å²) in [5.41, 5.74) is 1.81. The van der Waals surface area contributed by atoms with Gasteiger partial charge in [0.1, 0.15) is 11.6 Å². The molecule has 0 saturated heterocycles. The van der Waals surface area contributed by atoms with Crippen LogP contribution < -0.4 is 10.1 Å². The molecule has 3 aromatic rings. The van der Waals surface area contributed by atoms with E-state index in [2.05, 4.69) is 15.3 Å². The van der Waals surface area contributed by atoms with Gasteiger partial charge < -0.3 is 10.1 Å². The molecule has 0 spiro atoms. The van der Waals surface area contributed by atoms with Gasteiger partial charge in [-0.2, -0.15) is 0 Å². The third kappa shape index (κ3) is 3.15. The molecule has 4 nitrogen and oxygen atoms in total. The molecular weight excluding hydrogens is 306 g/mol. The Labute approximate surface area is 131 Å². The SMILES string of the molecule is COc1ccc(-c2csc(Nc3ccccn3)n2)cc1Cl. The number of halogens is 1. The molecule has 2 heterocycles. The molecule has 6 heteroatoms. The van der Waals surface area contributed by atoms with Crippen molar-refractivity contribution in [3.05, 3.63) is 53.0 Å². The van der Waals surface area contributed by atoms with E-state index in [1.807, 2.05) is 41.8 Å². The maximum atomic E-state index is 6.14. The number of hydrogen-bond acceptors (Lipinski definition) is 5. The Morgan fingerprint density at radius 3 is 2.86 bits per heavy atom. The lowest BCUT2D eigenvalue weighted by Crippen LogP contribution is -1.91. The number of benzene rings is 1. The molecular formula is C15H12ClN3OS. The fraction of sp³-hybridized carbons (Fsp3) is 0.0667. The topological polar surface area (TPSA) is 47.0 Å². The van der Waals surface area contributed by atoms with Gasteiger partial charge in [0, 0.05) is 17.1 Å². The Morgan fingerprint density at radius 2 is 2.14 bits per heavy atom. The van der Waals surface area contributed by atoms with Gasteiger partial charge in [-0.05, 0) is 30.3 Å². The van der Waals surface area contributed by atoms with E-state index >= 15 is 0 Å². The van der Waals surface area contributed by atoms with Crippen molar-refractivity contribution in [1.82, 2.24) is 9.97 Å². The second-order valence-electron chi connectivity index (χ2n) is 4.23. The predicted molar refractivity (Wildman–Crippen MR) is 86.6 cm³/mol. The third-order valence-electron chi connectivity index (χ3n) is 2.85. The number of methoxy groups -OCH3 is 1. The van der Waals surface area contributed by atoms with E-state index in [1.54, 1.807) is 13.3 Å². The van der Waals surface area contributed by atoms with Crippen LogP contribution in [0, 0.1) is 0 Å². The van der Waals surface area contributed by atoms with Crippen LogP contribution in [-0.2, 0) is 0 Å². The molecule has 0 radical (unpaired) electrons. The summed E-state index contributed by atoms with van der Waals surface area (Å²) in [5, 5.41) is 6.50. The summed E-state index contributed by atoms with van der Waals surface area (Å²) in [6.07, 6.45) is 1.74. The van der Waals surface area contributed by atoms with E-state index in [9.17, 15) is 0 Å². The average molecular weight is 318 g/mol.